The van der Waals surface area contributed by atoms with Crippen molar-refractivity contribution in [1.82, 2.24) is 15.1 Å². The van der Waals surface area contributed by atoms with Crippen LogP contribution in [-0.4, -0.2) is 74.2 Å². The van der Waals surface area contributed by atoms with E-state index >= 15 is 0 Å². The van der Waals surface area contributed by atoms with Crippen LogP contribution in [0.1, 0.15) is 32.1 Å². The average Bonchev–Trinajstić information content (AvgIpc) is 2.56. The Hall–Kier alpha value is -0.650. The monoisotopic (exact) mass is 295 g/mol. The normalized spacial score (nSPS) is 32.1. The van der Waals surface area contributed by atoms with Crippen molar-refractivity contribution >= 4 is 5.91 Å². The molecule has 1 amide bonds. The van der Waals surface area contributed by atoms with Gasteiger partial charge in [0.2, 0.25) is 5.91 Å². The highest BCUT2D eigenvalue weighted by Gasteiger charge is 2.33. The summed E-state index contributed by atoms with van der Waals surface area (Å²) < 4.78 is 5.43. The molecule has 0 aromatic rings. The third-order valence-electron chi connectivity index (χ3n) is 5.13. The van der Waals surface area contributed by atoms with Crippen LogP contribution in [0.15, 0.2) is 0 Å². The van der Waals surface area contributed by atoms with E-state index in [4.69, 9.17) is 4.74 Å². The molecule has 3 heterocycles. The molecule has 2 unspecified atom stereocenters. The first-order valence-corrected chi connectivity index (χ1v) is 8.66. The van der Waals surface area contributed by atoms with Gasteiger partial charge in [0.25, 0.3) is 0 Å². The number of rotatable bonds is 3. The number of morpholine rings is 1. The topological polar surface area (TPSA) is 44.8 Å². The lowest BCUT2D eigenvalue weighted by Gasteiger charge is -2.41. The van der Waals surface area contributed by atoms with Gasteiger partial charge in [-0.05, 0) is 38.6 Å². The summed E-state index contributed by atoms with van der Waals surface area (Å²) in [4.78, 5) is 17.5. The van der Waals surface area contributed by atoms with Crippen molar-refractivity contribution in [3.8, 4) is 0 Å². The molecule has 0 aromatic heterocycles. The molecule has 2 atom stereocenters. The van der Waals surface area contributed by atoms with E-state index in [1.807, 2.05) is 0 Å². The number of likely N-dealkylation sites (tertiary alicyclic amines) is 1. The molecule has 0 spiro atoms. The van der Waals surface area contributed by atoms with Gasteiger partial charge >= 0.3 is 0 Å². The third-order valence-corrected chi connectivity index (χ3v) is 5.13. The summed E-state index contributed by atoms with van der Waals surface area (Å²) >= 11 is 0. The zero-order chi connectivity index (χ0) is 14.5. The predicted octanol–water partition coefficient (Wildman–Crippen LogP) is 0.699. The second kappa shape index (κ2) is 7.56. The second-order valence-corrected chi connectivity index (χ2v) is 6.64. The van der Waals surface area contributed by atoms with Gasteiger partial charge in [-0.15, -0.1) is 0 Å². The van der Waals surface area contributed by atoms with Crippen molar-refractivity contribution in [3.63, 3.8) is 0 Å². The molecule has 0 aliphatic carbocycles. The summed E-state index contributed by atoms with van der Waals surface area (Å²) in [6.07, 6.45) is 5.81. The minimum atomic E-state index is 0.212. The largest absolute Gasteiger partial charge is 0.379 e. The molecule has 3 aliphatic rings. The molecule has 0 saturated carbocycles. The van der Waals surface area contributed by atoms with Crippen LogP contribution in [0, 0.1) is 5.92 Å². The van der Waals surface area contributed by atoms with Crippen LogP contribution in [0.3, 0.4) is 0 Å². The molecule has 0 bridgehead atoms. The van der Waals surface area contributed by atoms with E-state index < -0.39 is 0 Å². The molecule has 3 fully saturated rings. The summed E-state index contributed by atoms with van der Waals surface area (Å²) in [5.74, 6) is 0.615. The van der Waals surface area contributed by atoms with Gasteiger partial charge < -0.3 is 15.0 Å². The predicted molar refractivity (Wildman–Crippen MR) is 82.2 cm³/mol. The molecule has 21 heavy (non-hydrogen) atoms. The van der Waals surface area contributed by atoms with Gasteiger partial charge in [0.1, 0.15) is 0 Å². The summed E-state index contributed by atoms with van der Waals surface area (Å²) in [6, 6.07) is 0.422. The van der Waals surface area contributed by atoms with Gasteiger partial charge in [0, 0.05) is 38.8 Å². The van der Waals surface area contributed by atoms with Crippen molar-refractivity contribution in [2.75, 3.05) is 52.5 Å². The minimum Gasteiger partial charge on any atom is -0.379 e. The Labute approximate surface area is 128 Å². The maximum absolute atomic E-state index is 12.8. The van der Waals surface area contributed by atoms with Gasteiger partial charge in [-0.2, -0.15) is 0 Å². The Bertz CT molecular complexity index is 338. The zero-order valence-corrected chi connectivity index (χ0v) is 13.1. The van der Waals surface area contributed by atoms with E-state index in [0.29, 0.717) is 11.9 Å². The Balaban J connectivity index is 1.58. The number of amides is 1. The van der Waals surface area contributed by atoms with Crippen LogP contribution in [0.2, 0.25) is 0 Å². The maximum Gasteiger partial charge on any atom is 0.227 e. The van der Waals surface area contributed by atoms with Crippen molar-refractivity contribution in [2.24, 2.45) is 5.92 Å². The number of carbonyl (C=O) groups is 1. The minimum absolute atomic E-state index is 0.212. The number of carbonyl (C=O) groups excluding carboxylic acids is 1. The number of nitrogens with zero attached hydrogens (tertiary/aromatic N) is 2. The molecule has 5 nitrogen and oxygen atoms in total. The molecule has 120 valence electrons. The van der Waals surface area contributed by atoms with Gasteiger partial charge in [0.05, 0.1) is 19.1 Å². The fourth-order valence-corrected chi connectivity index (χ4v) is 3.86. The maximum atomic E-state index is 12.8. The Morgan fingerprint density at radius 2 is 1.95 bits per heavy atom. The quantitative estimate of drug-likeness (QED) is 0.832. The van der Waals surface area contributed by atoms with E-state index in [0.717, 1.165) is 65.3 Å². The van der Waals surface area contributed by atoms with Gasteiger partial charge in [0.15, 0.2) is 0 Å². The number of piperidine rings is 2. The molecule has 3 saturated heterocycles. The third kappa shape index (κ3) is 3.96. The van der Waals surface area contributed by atoms with Gasteiger partial charge in [-0.3, -0.25) is 9.69 Å². The summed E-state index contributed by atoms with van der Waals surface area (Å²) in [7, 11) is 0. The van der Waals surface area contributed by atoms with Gasteiger partial charge in [-0.1, -0.05) is 0 Å². The SMILES string of the molecule is O=C(C1CCCNC1)N1CCCCC1CN1CCOCC1. The van der Waals surface area contributed by atoms with Crippen LogP contribution in [0.4, 0.5) is 0 Å². The van der Waals surface area contributed by atoms with Crippen LogP contribution in [0.5, 0.6) is 0 Å². The zero-order valence-electron chi connectivity index (χ0n) is 13.1. The van der Waals surface area contributed by atoms with E-state index in [1.165, 1.54) is 19.3 Å². The molecule has 0 aromatic carbocycles. The number of nitrogens with one attached hydrogen (secondary N) is 1. The second-order valence-electron chi connectivity index (χ2n) is 6.64. The first kappa shape index (κ1) is 15.3. The average molecular weight is 295 g/mol. The lowest BCUT2D eigenvalue weighted by Crippen LogP contribution is -2.54. The van der Waals surface area contributed by atoms with Crippen molar-refractivity contribution < 1.29 is 9.53 Å². The Morgan fingerprint density at radius 1 is 1.10 bits per heavy atom. The fourth-order valence-electron chi connectivity index (χ4n) is 3.86. The first-order valence-electron chi connectivity index (χ1n) is 8.66. The summed E-state index contributed by atoms with van der Waals surface area (Å²) in [5, 5.41) is 3.38. The van der Waals surface area contributed by atoms with Gasteiger partial charge in [-0.25, -0.2) is 0 Å². The summed E-state index contributed by atoms with van der Waals surface area (Å²) in [5.41, 5.74) is 0. The van der Waals surface area contributed by atoms with Crippen LogP contribution >= 0.6 is 0 Å². The lowest BCUT2D eigenvalue weighted by molar-refractivity contribution is -0.140. The Morgan fingerprint density at radius 3 is 2.71 bits per heavy atom. The standard InChI is InChI=1S/C16H29N3O2/c20-16(14-4-3-6-17-12-14)19-7-2-1-5-15(19)13-18-8-10-21-11-9-18/h14-15,17H,1-13H2. The highest BCUT2D eigenvalue weighted by atomic mass is 16.5. The molecule has 0 radical (unpaired) electrons. The lowest BCUT2D eigenvalue weighted by atomic mass is 9.94. The van der Waals surface area contributed by atoms with Crippen molar-refractivity contribution in [3.05, 3.63) is 0 Å². The molecular weight excluding hydrogens is 266 g/mol. The smallest absolute Gasteiger partial charge is 0.227 e. The van der Waals surface area contributed by atoms with Crippen LogP contribution in [0.25, 0.3) is 0 Å². The van der Waals surface area contributed by atoms with E-state index in [1.54, 1.807) is 0 Å². The number of ether oxygens (including phenoxy) is 1. The molecule has 3 aliphatic heterocycles. The van der Waals surface area contributed by atoms with Crippen molar-refractivity contribution in [2.45, 2.75) is 38.1 Å². The fraction of sp³-hybridized carbons (Fsp3) is 0.938. The summed E-state index contributed by atoms with van der Waals surface area (Å²) in [6.45, 7) is 7.66. The molecular formula is C16H29N3O2. The van der Waals surface area contributed by atoms with E-state index in [-0.39, 0.29) is 5.92 Å². The van der Waals surface area contributed by atoms with Crippen LogP contribution < -0.4 is 5.32 Å². The Kier molecular flexibility index (Phi) is 5.49. The molecule has 5 heteroatoms. The molecule has 3 rings (SSSR count). The number of hydrogen-bond acceptors (Lipinski definition) is 4. The van der Waals surface area contributed by atoms with E-state index in [9.17, 15) is 4.79 Å². The highest BCUT2D eigenvalue weighted by molar-refractivity contribution is 5.79. The molecule has 1 N–H and O–H groups in total. The highest BCUT2D eigenvalue weighted by Crippen LogP contribution is 2.23. The van der Waals surface area contributed by atoms with Crippen molar-refractivity contribution in [1.29, 1.82) is 0 Å². The van der Waals surface area contributed by atoms with Crippen LogP contribution in [-0.2, 0) is 9.53 Å². The number of hydrogen-bond donors (Lipinski definition) is 1. The van der Waals surface area contributed by atoms with E-state index in [2.05, 4.69) is 15.1 Å². The first-order chi connectivity index (χ1) is 10.3.